The molecular formula is C18H14F2N4O4. The van der Waals surface area contributed by atoms with Gasteiger partial charge in [0.2, 0.25) is 6.08 Å². The van der Waals surface area contributed by atoms with Gasteiger partial charge in [-0.15, -0.1) is 8.78 Å². The number of nitrogens with zero attached hydrogens (tertiary/aromatic N) is 2. The molecule has 2 aromatic carbocycles. The lowest BCUT2D eigenvalue weighted by Crippen LogP contribution is -2.38. The average molecular weight is 388 g/mol. The second kappa shape index (κ2) is 8.65. The van der Waals surface area contributed by atoms with Gasteiger partial charge in [-0.25, -0.2) is 24.1 Å². The van der Waals surface area contributed by atoms with E-state index < -0.39 is 18.4 Å². The van der Waals surface area contributed by atoms with Crippen LogP contribution in [-0.2, 0) is 4.79 Å². The van der Waals surface area contributed by atoms with Crippen LogP contribution in [0.2, 0.25) is 0 Å². The molecule has 0 unspecified atom stereocenters. The summed E-state index contributed by atoms with van der Waals surface area (Å²) in [7, 11) is 0. The van der Waals surface area contributed by atoms with Crippen molar-refractivity contribution in [2.24, 2.45) is 4.99 Å². The lowest BCUT2D eigenvalue weighted by atomic mass is 10.1. The van der Waals surface area contributed by atoms with Gasteiger partial charge in [0.05, 0.1) is 11.4 Å². The first kappa shape index (κ1) is 20.4. The predicted molar refractivity (Wildman–Crippen MR) is 98.3 cm³/mol. The van der Waals surface area contributed by atoms with Crippen LogP contribution in [0.1, 0.15) is 11.1 Å². The van der Waals surface area contributed by atoms with Crippen molar-refractivity contribution in [3.8, 4) is 0 Å². The van der Waals surface area contributed by atoms with Gasteiger partial charge in [-0.3, -0.25) is 5.32 Å². The zero-order valence-electron chi connectivity index (χ0n) is 14.7. The van der Waals surface area contributed by atoms with Crippen LogP contribution in [0.25, 0.3) is 0 Å². The Morgan fingerprint density at radius 2 is 1.68 bits per heavy atom. The molecule has 0 saturated heterocycles. The molecule has 8 nitrogen and oxygen atoms in total. The van der Waals surface area contributed by atoms with Gasteiger partial charge in [0.15, 0.2) is 0 Å². The number of hydrogen-bond acceptors (Lipinski definition) is 5. The van der Waals surface area contributed by atoms with Gasteiger partial charge in [-0.2, -0.15) is 4.99 Å². The van der Waals surface area contributed by atoms with Gasteiger partial charge in [-0.1, -0.05) is 12.1 Å². The highest BCUT2D eigenvalue weighted by Gasteiger charge is 2.26. The second-order valence-corrected chi connectivity index (χ2v) is 5.62. The summed E-state index contributed by atoms with van der Waals surface area (Å²) in [4.78, 5) is 48.6. The quantitative estimate of drug-likeness (QED) is 0.336. The van der Waals surface area contributed by atoms with Gasteiger partial charge in [0.1, 0.15) is 0 Å². The summed E-state index contributed by atoms with van der Waals surface area (Å²) in [5, 5.41) is 4.19. The van der Waals surface area contributed by atoms with Gasteiger partial charge in [0.25, 0.3) is 0 Å². The Morgan fingerprint density at radius 1 is 1.00 bits per heavy atom. The zero-order chi connectivity index (χ0) is 20.8. The zero-order valence-corrected chi connectivity index (χ0v) is 14.7. The number of hydrogen-bond donors (Lipinski definition) is 2. The predicted octanol–water partition coefficient (Wildman–Crippen LogP) is 4.90. The Morgan fingerprint density at radius 3 is 2.29 bits per heavy atom. The maximum atomic E-state index is 13.7. The lowest BCUT2D eigenvalue weighted by molar-refractivity contribution is 0.224. The van der Waals surface area contributed by atoms with Crippen LogP contribution in [0.15, 0.2) is 41.4 Å². The molecule has 0 aromatic heterocycles. The minimum absolute atomic E-state index is 0.0781. The van der Waals surface area contributed by atoms with Crippen molar-refractivity contribution in [3.63, 3.8) is 0 Å². The third kappa shape index (κ3) is 4.83. The molecule has 2 aromatic rings. The van der Waals surface area contributed by atoms with Gasteiger partial charge in [-0.05, 0) is 49.2 Å². The number of urea groups is 1. The number of aryl methyl sites for hydroxylation is 2. The van der Waals surface area contributed by atoms with Crippen molar-refractivity contribution >= 4 is 47.2 Å². The van der Waals surface area contributed by atoms with Crippen molar-refractivity contribution in [2.75, 3.05) is 15.5 Å². The molecule has 10 heteroatoms. The molecule has 0 aliphatic rings. The van der Waals surface area contributed by atoms with Crippen LogP contribution < -0.4 is 15.5 Å². The molecule has 0 fully saturated rings. The second-order valence-electron chi connectivity index (χ2n) is 5.62. The maximum Gasteiger partial charge on any atom is 0.412 e. The van der Waals surface area contributed by atoms with E-state index in [4.69, 9.17) is 0 Å². The van der Waals surface area contributed by atoms with Crippen LogP contribution in [0.3, 0.4) is 0 Å². The van der Waals surface area contributed by atoms with E-state index in [0.29, 0.717) is 11.1 Å². The molecule has 0 bridgehead atoms. The van der Waals surface area contributed by atoms with Crippen LogP contribution >= 0.6 is 0 Å². The monoisotopic (exact) mass is 388 g/mol. The standard InChI is InChI=1S/C18H14F2N4O4/c1-10-3-5-12(21-9-25)7-14(10)23-18(28)24(17(20)27)15-8-13(22-16(19)26)6-4-11(15)2/h3-8H,1-2H3,(H,22,26)(H,23,28). The Hall–Kier alpha value is -3.91. The SMILES string of the molecule is Cc1ccc(N=C=O)cc1NC(=O)N(C(=O)F)c1cc(NC(=O)F)ccc1C. The number of aliphatic imine (C=N–C) groups is 1. The molecule has 0 heterocycles. The molecular weight excluding hydrogens is 374 g/mol. The fourth-order valence-corrected chi connectivity index (χ4v) is 2.36. The molecule has 0 aliphatic heterocycles. The van der Waals surface area contributed by atoms with E-state index in [1.54, 1.807) is 13.0 Å². The highest BCUT2D eigenvalue weighted by molar-refractivity contribution is 6.17. The van der Waals surface area contributed by atoms with Crippen LogP contribution in [-0.4, -0.2) is 24.4 Å². The Kier molecular flexibility index (Phi) is 6.30. The smallest absolute Gasteiger partial charge is 0.307 e. The molecule has 0 atom stereocenters. The molecule has 4 amide bonds. The number of amides is 4. The Labute approximate surface area is 157 Å². The molecule has 0 spiro atoms. The number of imide groups is 1. The highest BCUT2D eigenvalue weighted by atomic mass is 19.1. The fraction of sp³-hybridized carbons (Fsp3) is 0.111. The molecule has 0 saturated carbocycles. The molecule has 144 valence electrons. The third-order valence-corrected chi connectivity index (χ3v) is 3.71. The topological polar surface area (TPSA) is 108 Å². The van der Waals surface area contributed by atoms with Crippen molar-refractivity contribution in [1.29, 1.82) is 0 Å². The number of carbonyl (C=O) groups excluding carboxylic acids is 4. The molecule has 0 radical (unpaired) electrons. The van der Waals surface area contributed by atoms with E-state index in [2.05, 4.69) is 10.3 Å². The summed E-state index contributed by atoms with van der Waals surface area (Å²) in [6, 6.07) is 7.01. The first-order valence-electron chi connectivity index (χ1n) is 7.79. The van der Waals surface area contributed by atoms with E-state index in [0.717, 1.165) is 6.07 Å². The van der Waals surface area contributed by atoms with Gasteiger partial charge < -0.3 is 5.32 Å². The number of halogens is 2. The van der Waals surface area contributed by atoms with Crippen LogP contribution in [0.5, 0.6) is 0 Å². The normalized spacial score (nSPS) is 9.86. The van der Waals surface area contributed by atoms with Gasteiger partial charge >= 0.3 is 18.4 Å². The molecule has 2 rings (SSSR count). The van der Waals surface area contributed by atoms with E-state index in [1.165, 1.54) is 37.3 Å². The van der Waals surface area contributed by atoms with Crippen molar-refractivity contribution in [3.05, 3.63) is 47.5 Å². The third-order valence-electron chi connectivity index (χ3n) is 3.71. The summed E-state index contributed by atoms with van der Waals surface area (Å²) < 4.78 is 26.2. The Balaban J connectivity index is 2.41. The number of carbonyl (C=O) groups is 3. The minimum atomic E-state index is -2.09. The van der Waals surface area contributed by atoms with E-state index in [1.807, 2.05) is 5.32 Å². The Bertz CT molecular complexity index is 1000. The van der Waals surface area contributed by atoms with Crippen molar-refractivity contribution in [1.82, 2.24) is 0 Å². The van der Waals surface area contributed by atoms with E-state index in [9.17, 15) is 28.0 Å². The van der Waals surface area contributed by atoms with Gasteiger partial charge in [0, 0.05) is 11.4 Å². The number of nitrogens with one attached hydrogen (secondary N) is 2. The largest absolute Gasteiger partial charge is 0.412 e. The first-order chi connectivity index (χ1) is 13.2. The van der Waals surface area contributed by atoms with Crippen LogP contribution in [0, 0.1) is 13.8 Å². The lowest BCUT2D eigenvalue weighted by Gasteiger charge is -2.21. The first-order valence-corrected chi connectivity index (χ1v) is 7.79. The molecule has 0 aliphatic carbocycles. The summed E-state index contributed by atoms with van der Waals surface area (Å²) in [5.74, 6) is 0. The van der Waals surface area contributed by atoms with E-state index >= 15 is 0 Å². The van der Waals surface area contributed by atoms with Crippen LogP contribution in [0.4, 0.5) is 45.9 Å². The number of benzene rings is 2. The molecule has 2 N–H and O–H groups in total. The summed E-state index contributed by atoms with van der Waals surface area (Å²) in [5.41, 5.74) is 0.965. The molecule has 28 heavy (non-hydrogen) atoms. The minimum Gasteiger partial charge on any atom is -0.307 e. The highest BCUT2D eigenvalue weighted by Crippen LogP contribution is 2.28. The number of rotatable bonds is 4. The average Bonchev–Trinajstić information content (AvgIpc) is 2.60. The van der Waals surface area contributed by atoms with Crippen molar-refractivity contribution in [2.45, 2.75) is 13.8 Å². The van der Waals surface area contributed by atoms with E-state index in [-0.39, 0.29) is 27.6 Å². The fourth-order valence-electron chi connectivity index (χ4n) is 2.36. The summed E-state index contributed by atoms with van der Waals surface area (Å²) in [6.45, 7) is 3.12. The summed E-state index contributed by atoms with van der Waals surface area (Å²) in [6.07, 6.45) is -2.60. The number of isocyanates is 1. The maximum absolute atomic E-state index is 13.7. The number of anilines is 3. The summed E-state index contributed by atoms with van der Waals surface area (Å²) >= 11 is 0. The van der Waals surface area contributed by atoms with Crippen molar-refractivity contribution < 1.29 is 28.0 Å².